The number of nitrogens with zero attached hydrogens (tertiary/aromatic N) is 1. The first-order chi connectivity index (χ1) is 8.22. The van der Waals surface area contributed by atoms with E-state index in [4.69, 9.17) is 16.3 Å². The fraction of sp³-hybridized carbons (Fsp3) is 0.500. The molecule has 0 saturated carbocycles. The highest BCUT2D eigenvalue weighted by Gasteiger charge is 2.16. The van der Waals surface area contributed by atoms with Gasteiger partial charge in [-0.3, -0.25) is 4.90 Å². The maximum atomic E-state index is 13.7. The van der Waals surface area contributed by atoms with Crippen molar-refractivity contribution in [1.82, 2.24) is 10.2 Å². The third-order valence-electron chi connectivity index (χ3n) is 2.94. The summed E-state index contributed by atoms with van der Waals surface area (Å²) in [6.45, 7) is 4.57. The van der Waals surface area contributed by atoms with E-state index in [1.807, 2.05) is 6.07 Å². The Bertz CT molecular complexity index is 394. The van der Waals surface area contributed by atoms with E-state index in [2.05, 4.69) is 10.2 Å². The number of nitrogens with one attached hydrogen (secondary N) is 1. The summed E-state index contributed by atoms with van der Waals surface area (Å²) in [5.41, 5.74) is 0.844. The van der Waals surface area contributed by atoms with E-state index in [1.54, 1.807) is 6.07 Å². The number of halogens is 2. The highest BCUT2D eigenvalue weighted by molar-refractivity contribution is 6.30. The zero-order valence-electron chi connectivity index (χ0n) is 9.80. The number of ether oxygens (including phenoxy) is 1. The van der Waals surface area contributed by atoms with Gasteiger partial charge in [-0.25, -0.2) is 4.39 Å². The molecule has 2 rings (SSSR count). The summed E-state index contributed by atoms with van der Waals surface area (Å²) in [5.74, 6) is -0.210. The maximum absolute atomic E-state index is 13.7. The van der Waals surface area contributed by atoms with Crippen molar-refractivity contribution in [3.63, 3.8) is 0 Å². The number of hydrogen-bond acceptors (Lipinski definition) is 3. The molecule has 0 atom stereocenters. The predicted octanol–water partition coefficient (Wildman–Crippen LogP) is 1.89. The molecule has 1 N–H and O–H groups in total. The van der Waals surface area contributed by atoms with Crippen molar-refractivity contribution in [3.05, 3.63) is 28.5 Å². The molecule has 1 heterocycles. The van der Waals surface area contributed by atoms with Crippen molar-refractivity contribution >= 4 is 11.6 Å². The van der Waals surface area contributed by atoms with Crippen LogP contribution in [0.25, 0.3) is 0 Å². The molecule has 1 aromatic carbocycles. The molecule has 1 saturated heterocycles. The lowest BCUT2D eigenvalue weighted by atomic mass is 10.1. The second kappa shape index (κ2) is 5.67. The van der Waals surface area contributed by atoms with Crippen LogP contribution in [0.4, 0.5) is 4.39 Å². The van der Waals surface area contributed by atoms with Crippen LogP contribution in [0.2, 0.25) is 5.02 Å². The van der Waals surface area contributed by atoms with Crippen LogP contribution in [0, 0.1) is 5.82 Å². The van der Waals surface area contributed by atoms with Gasteiger partial charge >= 0.3 is 0 Å². The zero-order valence-corrected chi connectivity index (χ0v) is 10.6. The van der Waals surface area contributed by atoms with Crippen LogP contribution in [-0.2, 0) is 6.54 Å². The SMILES string of the molecule is COc1c(CN2CCNCC2)ccc(Cl)c1F. The maximum Gasteiger partial charge on any atom is 0.183 e. The Morgan fingerprint density at radius 3 is 2.76 bits per heavy atom. The predicted molar refractivity (Wildman–Crippen MR) is 66.1 cm³/mol. The summed E-state index contributed by atoms with van der Waals surface area (Å²) >= 11 is 5.73. The molecule has 0 spiro atoms. The van der Waals surface area contributed by atoms with Crippen molar-refractivity contribution in [2.45, 2.75) is 6.54 Å². The van der Waals surface area contributed by atoms with E-state index >= 15 is 0 Å². The van der Waals surface area contributed by atoms with Gasteiger partial charge < -0.3 is 10.1 Å². The fourth-order valence-electron chi connectivity index (χ4n) is 2.03. The normalized spacial score (nSPS) is 17.1. The second-order valence-electron chi connectivity index (χ2n) is 4.08. The number of piperazine rings is 1. The van der Waals surface area contributed by atoms with Crippen LogP contribution < -0.4 is 10.1 Å². The lowest BCUT2D eigenvalue weighted by molar-refractivity contribution is 0.229. The molecule has 1 aromatic rings. The molecule has 0 bridgehead atoms. The second-order valence-corrected chi connectivity index (χ2v) is 4.49. The average Bonchev–Trinajstić information content (AvgIpc) is 2.36. The lowest BCUT2D eigenvalue weighted by Crippen LogP contribution is -2.42. The van der Waals surface area contributed by atoms with Gasteiger partial charge in [0.1, 0.15) is 0 Å². The van der Waals surface area contributed by atoms with Gasteiger partial charge in [-0.1, -0.05) is 17.7 Å². The zero-order chi connectivity index (χ0) is 12.3. The Morgan fingerprint density at radius 1 is 1.41 bits per heavy atom. The molecule has 1 fully saturated rings. The quantitative estimate of drug-likeness (QED) is 0.896. The van der Waals surface area contributed by atoms with Gasteiger partial charge in [0.2, 0.25) is 0 Å². The summed E-state index contributed by atoms with van der Waals surface area (Å²) in [6.07, 6.45) is 0. The molecule has 1 aliphatic rings. The molecule has 0 unspecified atom stereocenters. The topological polar surface area (TPSA) is 24.5 Å². The van der Waals surface area contributed by atoms with Crippen molar-refractivity contribution in [1.29, 1.82) is 0 Å². The van der Waals surface area contributed by atoms with Crippen LogP contribution >= 0.6 is 11.6 Å². The summed E-state index contributed by atoms with van der Waals surface area (Å²) in [6, 6.07) is 3.41. The van der Waals surface area contributed by atoms with E-state index in [0.717, 1.165) is 31.7 Å². The van der Waals surface area contributed by atoms with Gasteiger partial charge in [0, 0.05) is 38.3 Å². The molecule has 0 aliphatic carbocycles. The summed E-state index contributed by atoms with van der Waals surface area (Å²) < 4.78 is 18.8. The van der Waals surface area contributed by atoms with Crippen LogP contribution in [0.3, 0.4) is 0 Å². The first-order valence-corrected chi connectivity index (χ1v) is 6.04. The van der Waals surface area contributed by atoms with Gasteiger partial charge in [-0.15, -0.1) is 0 Å². The Balaban J connectivity index is 2.17. The van der Waals surface area contributed by atoms with Crippen LogP contribution in [0.5, 0.6) is 5.75 Å². The molecule has 5 heteroatoms. The monoisotopic (exact) mass is 258 g/mol. The van der Waals surface area contributed by atoms with E-state index in [9.17, 15) is 4.39 Å². The van der Waals surface area contributed by atoms with Gasteiger partial charge in [-0.2, -0.15) is 0 Å². The largest absolute Gasteiger partial charge is 0.493 e. The number of methoxy groups -OCH3 is 1. The van der Waals surface area contributed by atoms with E-state index in [-0.39, 0.29) is 10.8 Å². The molecule has 1 aliphatic heterocycles. The number of hydrogen-bond donors (Lipinski definition) is 1. The number of rotatable bonds is 3. The van der Waals surface area contributed by atoms with E-state index < -0.39 is 5.82 Å². The van der Waals surface area contributed by atoms with Gasteiger partial charge in [0.05, 0.1) is 12.1 Å². The minimum atomic E-state index is -0.471. The van der Waals surface area contributed by atoms with Crippen LogP contribution in [0.1, 0.15) is 5.56 Å². The van der Waals surface area contributed by atoms with Crippen molar-refractivity contribution in [2.75, 3.05) is 33.3 Å². The molecule has 0 aromatic heterocycles. The third kappa shape index (κ3) is 2.89. The Labute approximate surface area is 106 Å². The van der Waals surface area contributed by atoms with Crippen molar-refractivity contribution in [2.24, 2.45) is 0 Å². The highest BCUT2D eigenvalue weighted by Crippen LogP contribution is 2.29. The van der Waals surface area contributed by atoms with Crippen molar-refractivity contribution < 1.29 is 9.13 Å². The highest BCUT2D eigenvalue weighted by atomic mass is 35.5. The molecule has 17 heavy (non-hydrogen) atoms. The van der Waals surface area contributed by atoms with Gasteiger partial charge in [-0.05, 0) is 6.07 Å². The van der Waals surface area contributed by atoms with Crippen LogP contribution in [0.15, 0.2) is 12.1 Å². The molecule has 0 amide bonds. The standard InChI is InChI=1S/C12H16ClFN2O/c1-17-12-9(2-3-10(13)11(12)14)8-16-6-4-15-5-7-16/h2-3,15H,4-8H2,1H3. The Morgan fingerprint density at radius 2 is 2.12 bits per heavy atom. The number of benzene rings is 1. The van der Waals surface area contributed by atoms with E-state index in [0.29, 0.717) is 6.54 Å². The first kappa shape index (κ1) is 12.6. The molecular weight excluding hydrogens is 243 g/mol. The molecule has 94 valence electrons. The average molecular weight is 259 g/mol. The minimum Gasteiger partial charge on any atom is -0.493 e. The molecule has 0 radical (unpaired) electrons. The first-order valence-electron chi connectivity index (χ1n) is 5.66. The third-order valence-corrected chi connectivity index (χ3v) is 3.23. The minimum absolute atomic E-state index is 0.103. The van der Waals surface area contributed by atoms with Gasteiger partial charge in [0.25, 0.3) is 0 Å². The molecular formula is C12H16ClFN2O. The van der Waals surface area contributed by atoms with Crippen LogP contribution in [-0.4, -0.2) is 38.2 Å². The van der Waals surface area contributed by atoms with Gasteiger partial charge in [0.15, 0.2) is 11.6 Å². The molecule has 3 nitrogen and oxygen atoms in total. The summed E-state index contributed by atoms with van der Waals surface area (Å²) in [5, 5.41) is 3.38. The van der Waals surface area contributed by atoms with E-state index in [1.165, 1.54) is 7.11 Å². The Kier molecular flexibility index (Phi) is 4.20. The fourth-order valence-corrected chi connectivity index (χ4v) is 2.18. The van der Waals surface area contributed by atoms with Crippen molar-refractivity contribution in [3.8, 4) is 5.75 Å². The summed E-state index contributed by atoms with van der Waals surface area (Å²) in [7, 11) is 1.47. The Hall–Kier alpha value is -0.840. The lowest BCUT2D eigenvalue weighted by Gasteiger charge is -2.27. The summed E-state index contributed by atoms with van der Waals surface area (Å²) in [4.78, 5) is 2.27. The smallest absolute Gasteiger partial charge is 0.183 e.